The van der Waals surface area contributed by atoms with E-state index in [1.54, 1.807) is 0 Å². The van der Waals surface area contributed by atoms with E-state index in [2.05, 4.69) is 275 Å². The van der Waals surface area contributed by atoms with Gasteiger partial charge in [-0.1, -0.05) is 146 Å². The van der Waals surface area contributed by atoms with Gasteiger partial charge in [0.05, 0.1) is 33.4 Å². The fraction of sp³-hybridized carbons (Fsp3) is 0.0159. The van der Waals surface area contributed by atoms with Crippen molar-refractivity contribution in [1.29, 1.82) is 0 Å². The van der Waals surface area contributed by atoms with Crippen molar-refractivity contribution < 1.29 is 0 Å². The lowest BCUT2D eigenvalue weighted by molar-refractivity contribution is 1.17. The molecule has 0 radical (unpaired) electrons. The summed E-state index contributed by atoms with van der Waals surface area (Å²) in [4.78, 5) is 4.83. The van der Waals surface area contributed by atoms with Gasteiger partial charge in [-0.3, -0.25) is 0 Å². The SMILES string of the molecule is Cc1ccc2c3ccccc3n(-c3ccc(N(c4cccc(N(c5ccc(-n6c7ccccc7c7ccccc76)cc5)c5cccc6ccccc56)c4)c4cccc5ccccc45)cc3)c2c1. The maximum atomic E-state index is 2.41. The summed E-state index contributed by atoms with van der Waals surface area (Å²) in [6.07, 6.45) is 0. The smallest absolute Gasteiger partial charge is 0.0543 e. The van der Waals surface area contributed by atoms with Gasteiger partial charge in [-0.2, -0.15) is 0 Å². The van der Waals surface area contributed by atoms with Gasteiger partial charge in [-0.25, -0.2) is 0 Å². The molecule has 0 fully saturated rings. The Kier molecular flexibility index (Phi) is 9.04. The number of nitrogens with zero attached hydrogens (tertiary/aromatic N) is 4. The molecule has 13 aromatic rings. The first-order chi connectivity index (χ1) is 33.2. The Morgan fingerprint density at radius 2 is 0.642 bits per heavy atom. The summed E-state index contributed by atoms with van der Waals surface area (Å²) in [6.45, 7) is 2.17. The van der Waals surface area contributed by atoms with Crippen LogP contribution in [-0.4, -0.2) is 9.13 Å². The Bertz CT molecular complexity index is 3940. The summed E-state index contributed by atoms with van der Waals surface area (Å²) < 4.78 is 4.78. The maximum absolute atomic E-state index is 2.41. The highest BCUT2D eigenvalue weighted by Crippen LogP contribution is 2.45. The second-order valence-electron chi connectivity index (χ2n) is 17.5. The minimum Gasteiger partial charge on any atom is -0.310 e. The third-order valence-corrected chi connectivity index (χ3v) is 13.5. The van der Waals surface area contributed by atoms with E-state index >= 15 is 0 Å². The Hall–Kier alpha value is -8.86. The van der Waals surface area contributed by atoms with Gasteiger partial charge in [0.2, 0.25) is 0 Å². The fourth-order valence-corrected chi connectivity index (χ4v) is 10.5. The molecule has 0 unspecified atom stereocenters. The molecule has 67 heavy (non-hydrogen) atoms. The summed E-state index contributed by atoms with van der Waals surface area (Å²) >= 11 is 0. The lowest BCUT2D eigenvalue weighted by atomic mass is 10.0. The summed E-state index contributed by atoms with van der Waals surface area (Å²) in [7, 11) is 0. The molecule has 13 rings (SSSR count). The molecule has 0 atom stereocenters. The van der Waals surface area contributed by atoms with Crippen LogP contribution in [0.25, 0.3) is 76.5 Å². The minimum absolute atomic E-state index is 1.06. The van der Waals surface area contributed by atoms with E-state index in [1.165, 1.54) is 70.7 Å². The van der Waals surface area contributed by atoms with Crippen LogP contribution in [0.3, 0.4) is 0 Å². The normalized spacial score (nSPS) is 11.7. The van der Waals surface area contributed by atoms with E-state index in [-0.39, 0.29) is 0 Å². The first kappa shape index (κ1) is 38.6. The zero-order valence-electron chi connectivity index (χ0n) is 37.0. The average Bonchev–Trinajstić information content (AvgIpc) is 3.90. The van der Waals surface area contributed by atoms with Crippen molar-refractivity contribution in [2.75, 3.05) is 9.80 Å². The van der Waals surface area contributed by atoms with Gasteiger partial charge in [0, 0.05) is 66.4 Å². The first-order valence-corrected chi connectivity index (χ1v) is 23.0. The Balaban J connectivity index is 0.977. The number of anilines is 6. The highest BCUT2D eigenvalue weighted by atomic mass is 15.2. The molecule has 316 valence electrons. The van der Waals surface area contributed by atoms with E-state index in [0.717, 1.165) is 45.5 Å². The van der Waals surface area contributed by atoms with Crippen molar-refractivity contribution in [1.82, 2.24) is 9.13 Å². The molecule has 0 N–H and O–H groups in total. The van der Waals surface area contributed by atoms with Crippen molar-refractivity contribution in [2.45, 2.75) is 6.92 Å². The molecule has 0 aliphatic carbocycles. The van der Waals surface area contributed by atoms with Gasteiger partial charge in [-0.15, -0.1) is 0 Å². The van der Waals surface area contributed by atoms with Crippen LogP contribution in [0.1, 0.15) is 5.56 Å². The van der Waals surface area contributed by atoms with Crippen LogP contribution >= 0.6 is 0 Å². The van der Waals surface area contributed by atoms with Crippen molar-refractivity contribution in [3.63, 3.8) is 0 Å². The summed E-state index contributed by atoms with van der Waals surface area (Å²) in [5.41, 5.74) is 14.8. The molecule has 0 amide bonds. The van der Waals surface area contributed by atoms with Crippen LogP contribution in [0.15, 0.2) is 249 Å². The van der Waals surface area contributed by atoms with Crippen LogP contribution in [0.4, 0.5) is 34.1 Å². The predicted octanol–water partition coefficient (Wildman–Crippen LogP) is 17.4. The van der Waals surface area contributed by atoms with Crippen molar-refractivity contribution >= 4 is 99.3 Å². The lowest BCUT2D eigenvalue weighted by Crippen LogP contribution is -2.14. The zero-order valence-corrected chi connectivity index (χ0v) is 37.0. The van der Waals surface area contributed by atoms with Gasteiger partial charge >= 0.3 is 0 Å². The third-order valence-electron chi connectivity index (χ3n) is 13.5. The van der Waals surface area contributed by atoms with E-state index < -0.39 is 0 Å². The van der Waals surface area contributed by atoms with Crippen LogP contribution < -0.4 is 9.80 Å². The molecule has 4 nitrogen and oxygen atoms in total. The number of aryl methyl sites for hydroxylation is 1. The standard InChI is InChI=1S/C63H44N4/c1-43-31-40-57-56-25-8-11-28-62(56)67(63(57)41-43)49-38-34-47(35-39-49)65(59-30-13-18-45-16-3-5-22-53(45)59)51-20-14-19-50(42-51)64(58-29-12-17-44-15-2-4-21-52(44)58)46-32-36-48(37-33-46)66-60-26-9-6-23-54(60)55-24-7-10-27-61(55)66/h2-42H,1H3. The molecule has 11 aromatic carbocycles. The van der Waals surface area contributed by atoms with Gasteiger partial charge in [-0.05, 0) is 126 Å². The number of para-hydroxylation sites is 3. The van der Waals surface area contributed by atoms with Crippen molar-refractivity contribution in [3.05, 3.63) is 254 Å². The zero-order chi connectivity index (χ0) is 44.4. The molecule has 0 spiro atoms. The fourth-order valence-electron chi connectivity index (χ4n) is 10.5. The molecule has 0 aliphatic rings. The number of hydrogen-bond donors (Lipinski definition) is 0. The highest BCUT2D eigenvalue weighted by molar-refractivity contribution is 6.11. The largest absolute Gasteiger partial charge is 0.310 e. The van der Waals surface area contributed by atoms with Crippen LogP contribution in [-0.2, 0) is 0 Å². The summed E-state index contributed by atoms with van der Waals surface area (Å²) in [5.74, 6) is 0. The summed E-state index contributed by atoms with van der Waals surface area (Å²) in [5, 5.41) is 9.78. The molecule has 2 aromatic heterocycles. The van der Waals surface area contributed by atoms with Crippen molar-refractivity contribution in [3.8, 4) is 11.4 Å². The van der Waals surface area contributed by atoms with Crippen LogP contribution in [0.2, 0.25) is 0 Å². The molecule has 2 heterocycles. The van der Waals surface area contributed by atoms with Gasteiger partial charge < -0.3 is 18.9 Å². The maximum Gasteiger partial charge on any atom is 0.0543 e. The average molecular weight is 857 g/mol. The lowest BCUT2D eigenvalue weighted by Gasteiger charge is -2.30. The molecule has 0 saturated carbocycles. The molecule has 4 heteroatoms. The second kappa shape index (κ2) is 15.7. The number of aromatic nitrogens is 2. The molecular weight excluding hydrogens is 813 g/mol. The number of benzene rings is 11. The second-order valence-corrected chi connectivity index (χ2v) is 17.5. The highest BCUT2D eigenvalue weighted by Gasteiger charge is 2.21. The molecule has 0 saturated heterocycles. The Labute approximate surface area is 389 Å². The predicted molar refractivity (Wildman–Crippen MR) is 284 cm³/mol. The van der Waals surface area contributed by atoms with E-state index in [1.807, 2.05) is 0 Å². The van der Waals surface area contributed by atoms with Crippen molar-refractivity contribution in [2.24, 2.45) is 0 Å². The Morgan fingerprint density at radius 1 is 0.269 bits per heavy atom. The van der Waals surface area contributed by atoms with Gasteiger partial charge in [0.25, 0.3) is 0 Å². The number of fused-ring (bicyclic) bond motifs is 8. The first-order valence-electron chi connectivity index (χ1n) is 23.0. The third kappa shape index (κ3) is 6.37. The minimum atomic E-state index is 1.06. The van der Waals surface area contributed by atoms with E-state index in [0.29, 0.717) is 0 Å². The quantitative estimate of drug-likeness (QED) is 0.151. The van der Waals surface area contributed by atoms with E-state index in [4.69, 9.17) is 0 Å². The molecule has 0 bridgehead atoms. The Morgan fingerprint density at radius 3 is 1.12 bits per heavy atom. The molecular formula is C63H44N4. The van der Waals surface area contributed by atoms with Gasteiger partial charge in [0.15, 0.2) is 0 Å². The number of hydrogen-bond acceptors (Lipinski definition) is 2. The van der Waals surface area contributed by atoms with E-state index in [9.17, 15) is 0 Å². The summed E-state index contributed by atoms with van der Waals surface area (Å²) in [6, 6.07) is 90.7. The van der Waals surface area contributed by atoms with Gasteiger partial charge in [0.1, 0.15) is 0 Å². The topological polar surface area (TPSA) is 16.3 Å². The monoisotopic (exact) mass is 856 g/mol. The molecule has 0 aliphatic heterocycles. The number of rotatable bonds is 8. The van der Waals surface area contributed by atoms with Crippen LogP contribution in [0.5, 0.6) is 0 Å². The van der Waals surface area contributed by atoms with Crippen LogP contribution in [0, 0.1) is 6.92 Å².